The van der Waals surface area contributed by atoms with Crippen molar-refractivity contribution in [2.75, 3.05) is 11.4 Å². The van der Waals surface area contributed by atoms with Crippen molar-refractivity contribution in [1.29, 1.82) is 0 Å². The second-order valence-corrected chi connectivity index (χ2v) is 6.64. The van der Waals surface area contributed by atoms with Crippen LogP contribution in [0.15, 0.2) is 53.1 Å². The third kappa shape index (κ3) is 3.08. The van der Waals surface area contributed by atoms with Crippen molar-refractivity contribution in [3.8, 4) is 11.5 Å². The number of hydrogen-bond donors (Lipinski definition) is 1. The number of furan rings is 1. The fourth-order valence-corrected chi connectivity index (χ4v) is 3.53. The Labute approximate surface area is 151 Å². The lowest BCUT2D eigenvalue weighted by Gasteiger charge is -2.25. The molecule has 26 heavy (non-hydrogen) atoms. The molecule has 0 saturated carbocycles. The van der Waals surface area contributed by atoms with Gasteiger partial charge in [0.15, 0.2) is 5.76 Å². The van der Waals surface area contributed by atoms with Gasteiger partial charge in [0.05, 0.1) is 5.69 Å². The Balaban J connectivity index is 1.83. The van der Waals surface area contributed by atoms with Crippen molar-refractivity contribution in [3.63, 3.8) is 0 Å². The van der Waals surface area contributed by atoms with E-state index in [1.165, 1.54) is 0 Å². The van der Waals surface area contributed by atoms with Gasteiger partial charge < -0.3 is 14.4 Å². The summed E-state index contributed by atoms with van der Waals surface area (Å²) in [4.78, 5) is 17.8. The van der Waals surface area contributed by atoms with Crippen molar-refractivity contribution in [2.24, 2.45) is 0 Å². The van der Waals surface area contributed by atoms with Gasteiger partial charge in [-0.1, -0.05) is 18.2 Å². The number of carboxylic acids is 1. The third-order valence-corrected chi connectivity index (χ3v) is 4.83. The highest BCUT2D eigenvalue weighted by Crippen LogP contribution is 2.36. The zero-order valence-corrected chi connectivity index (χ0v) is 14.6. The van der Waals surface area contributed by atoms with Crippen molar-refractivity contribution in [1.82, 2.24) is 4.98 Å². The number of carbonyl (C=O) groups is 1. The highest BCUT2D eigenvalue weighted by Gasteiger charge is 2.25. The standard InChI is InChI=1S/C21H20N2O3/c1-14-5-4-10-23(14)17-11-15(8-9-20(24)25)13-22-21(17)19-12-16-6-2-3-7-18(16)26-19/h2-3,6-9,11-14H,4-5,10H2,1H3,(H,24,25)/b9-8+. The molecule has 5 nitrogen and oxygen atoms in total. The van der Waals surface area contributed by atoms with Crippen LogP contribution in [0.25, 0.3) is 28.5 Å². The van der Waals surface area contributed by atoms with Gasteiger partial charge in [-0.25, -0.2) is 4.79 Å². The fourth-order valence-electron chi connectivity index (χ4n) is 3.53. The van der Waals surface area contributed by atoms with E-state index in [1.54, 1.807) is 12.3 Å². The molecule has 1 aliphatic heterocycles. The number of pyridine rings is 1. The first-order valence-corrected chi connectivity index (χ1v) is 8.78. The minimum atomic E-state index is -0.970. The van der Waals surface area contributed by atoms with Gasteiger partial charge in [0, 0.05) is 30.2 Å². The van der Waals surface area contributed by atoms with Gasteiger partial charge in [-0.15, -0.1) is 0 Å². The number of carboxylic acid groups (broad SMARTS) is 1. The number of aliphatic carboxylic acids is 1. The zero-order chi connectivity index (χ0) is 18.1. The molecule has 3 aromatic rings. The normalized spacial score (nSPS) is 17.4. The van der Waals surface area contributed by atoms with E-state index in [2.05, 4.69) is 16.8 Å². The topological polar surface area (TPSA) is 66.6 Å². The Morgan fingerprint density at radius 3 is 2.92 bits per heavy atom. The molecule has 3 heterocycles. The average molecular weight is 348 g/mol. The Morgan fingerprint density at radius 2 is 2.19 bits per heavy atom. The van der Waals surface area contributed by atoms with E-state index in [-0.39, 0.29) is 0 Å². The molecule has 0 spiro atoms. The van der Waals surface area contributed by atoms with Crippen molar-refractivity contribution >= 4 is 28.7 Å². The SMILES string of the molecule is CC1CCCN1c1cc(/C=C/C(=O)O)cnc1-c1cc2ccccc2o1. The number of nitrogens with zero attached hydrogens (tertiary/aromatic N) is 2. The van der Waals surface area contributed by atoms with Crippen LogP contribution in [0.3, 0.4) is 0 Å². The molecule has 132 valence electrons. The van der Waals surface area contributed by atoms with E-state index in [0.29, 0.717) is 6.04 Å². The highest BCUT2D eigenvalue weighted by molar-refractivity contribution is 5.87. The van der Waals surface area contributed by atoms with Crippen LogP contribution in [0, 0.1) is 0 Å². The Bertz CT molecular complexity index is 957. The van der Waals surface area contributed by atoms with Gasteiger partial charge in [-0.3, -0.25) is 4.98 Å². The summed E-state index contributed by atoms with van der Waals surface area (Å²) in [6.45, 7) is 3.16. The number of fused-ring (bicyclic) bond motifs is 1. The highest BCUT2D eigenvalue weighted by atomic mass is 16.4. The van der Waals surface area contributed by atoms with E-state index in [4.69, 9.17) is 9.52 Å². The van der Waals surface area contributed by atoms with Crippen LogP contribution in [0.2, 0.25) is 0 Å². The molecule has 0 radical (unpaired) electrons. The summed E-state index contributed by atoms with van der Waals surface area (Å²) in [5.41, 5.74) is 3.38. The summed E-state index contributed by atoms with van der Waals surface area (Å²) in [5, 5.41) is 9.92. The Kier molecular flexibility index (Phi) is 4.21. The van der Waals surface area contributed by atoms with Gasteiger partial charge in [0.1, 0.15) is 11.3 Å². The molecule has 1 fully saturated rings. The molecule has 2 aromatic heterocycles. The lowest BCUT2D eigenvalue weighted by atomic mass is 10.1. The lowest BCUT2D eigenvalue weighted by molar-refractivity contribution is -0.131. The number of benzene rings is 1. The predicted molar refractivity (Wildman–Crippen MR) is 102 cm³/mol. The number of aromatic nitrogens is 1. The third-order valence-electron chi connectivity index (χ3n) is 4.83. The summed E-state index contributed by atoms with van der Waals surface area (Å²) in [7, 11) is 0. The molecule has 1 saturated heterocycles. The van der Waals surface area contributed by atoms with Gasteiger partial charge in [0.25, 0.3) is 0 Å². The number of para-hydroxylation sites is 1. The van der Waals surface area contributed by atoms with Crippen LogP contribution in [-0.2, 0) is 4.79 Å². The second-order valence-electron chi connectivity index (χ2n) is 6.64. The molecule has 4 rings (SSSR count). The molecule has 1 N–H and O–H groups in total. The van der Waals surface area contributed by atoms with Crippen molar-refractivity contribution < 1.29 is 14.3 Å². The fraction of sp³-hybridized carbons (Fsp3) is 0.238. The molecule has 1 aliphatic rings. The van der Waals surface area contributed by atoms with Gasteiger partial charge in [-0.2, -0.15) is 0 Å². The average Bonchev–Trinajstić information content (AvgIpc) is 3.25. The molecular weight excluding hydrogens is 328 g/mol. The van der Waals surface area contributed by atoms with Gasteiger partial charge >= 0.3 is 5.97 Å². The van der Waals surface area contributed by atoms with Crippen molar-refractivity contribution in [2.45, 2.75) is 25.8 Å². The number of rotatable bonds is 4. The molecule has 0 amide bonds. The van der Waals surface area contributed by atoms with Crippen LogP contribution in [0.4, 0.5) is 5.69 Å². The molecule has 1 unspecified atom stereocenters. The maximum Gasteiger partial charge on any atom is 0.328 e. The molecule has 5 heteroatoms. The Hall–Kier alpha value is -3.08. The first-order chi connectivity index (χ1) is 12.6. The van der Waals surface area contributed by atoms with E-state index in [9.17, 15) is 4.79 Å². The van der Waals surface area contributed by atoms with E-state index in [0.717, 1.165) is 59.1 Å². The number of anilines is 1. The minimum absolute atomic E-state index is 0.415. The first-order valence-electron chi connectivity index (χ1n) is 8.78. The maximum absolute atomic E-state index is 10.8. The monoisotopic (exact) mass is 348 g/mol. The van der Waals surface area contributed by atoms with E-state index in [1.807, 2.05) is 36.4 Å². The first kappa shape index (κ1) is 16.4. The molecule has 0 aliphatic carbocycles. The van der Waals surface area contributed by atoms with E-state index >= 15 is 0 Å². The largest absolute Gasteiger partial charge is 0.478 e. The van der Waals surface area contributed by atoms with Gasteiger partial charge in [-0.05, 0) is 49.6 Å². The summed E-state index contributed by atoms with van der Waals surface area (Å²) in [6, 6.07) is 12.3. The molecular formula is C21H20N2O3. The molecule has 1 atom stereocenters. The van der Waals surface area contributed by atoms with Crippen LogP contribution in [0.1, 0.15) is 25.3 Å². The Morgan fingerprint density at radius 1 is 1.35 bits per heavy atom. The quantitative estimate of drug-likeness (QED) is 0.699. The summed E-state index contributed by atoms with van der Waals surface area (Å²) < 4.78 is 6.03. The van der Waals surface area contributed by atoms with Crippen LogP contribution < -0.4 is 4.90 Å². The number of hydrogen-bond acceptors (Lipinski definition) is 4. The van der Waals surface area contributed by atoms with Crippen LogP contribution in [-0.4, -0.2) is 28.6 Å². The zero-order valence-electron chi connectivity index (χ0n) is 14.6. The summed E-state index contributed by atoms with van der Waals surface area (Å²) in [5.74, 6) is -0.239. The molecule has 0 bridgehead atoms. The summed E-state index contributed by atoms with van der Waals surface area (Å²) in [6.07, 6.45) is 6.66. The van der Waals surface area contributed by atoms with E-state index < -0.39 is 5.97 Å². The van der Waals surface area contributed by atoms with Crippen molar-refractivity contribution in [3.05, 3.63) is 54.2 Å². The van der Waals surface area contributed by atoms with Crippen LogP contribution in [0.5, 0.6) is 0 Å². The van der Waals surface area contributed by atoms with Gasteiger partial charge in [0.2, 0.25) is 0 Å². The predicted octanol–water partition coefficient (Wildman–Crippen LogP) is 4.58. The molecule has 1 aromatic carbocycles. The lowest BCUT2D eigenvalue weighted by Crippen LogP contribution is -2.27. The summed E-state index contributed by atoms with van der Waals surface area (Å²) >= 11 is 0. The maximum atomic E-state index is 10.8. The smallest absolute Gasteiger partial charge is 0.328 e. The van der Waals surface area contributed by atoms with Crippen LogP contribution >= 0.6 is 0 Å². The second kappa shape index (κ2) is 6.67. The minimum Gasteiger partial charge on any atom is -0.478 e.